The molecule has 0 aliphatic rings. The number of nitrogens with zero attached hydrogens (tertiary/aromatic N) is 2. The second kappa shape index (κ2) is 6.57. The van der Waals surface area contributed by atoms with Gasteiger partial charge in [0.1, 0.15) is 5.82 Å². The quantitative estimate of drug-likeness (QED) is 0.567. The molecule has 0 aliphatic carbocycles. The van der Waals surface area contributed by atoms with Gasteiger partial charge in [-0.3, -0.25) is 0 Å². The Bertz CT molecular complexity index is 612. The lowest BCUT2D eigenvalue weighted by atomic mass is 10.2. The van der Waals surface area contributed by atoms with Gasteiger partial charge in [-0.2, -0.15) is 4.98 Å². The zero-order valence-corrected chi connectivity index (χ0v) is 10.7. The van der Waals surface area contributed by atoms with Crippen LogP contribution in [0.2, 0.25) is 0 Å². The summed E-state index contributed by atoms with van der Waals surface area (Å²) in [5.74, 6) is 7.04. The van der Waals surface area contributed by atoms with E-state index in [1.807, 2.05) is 24.3 Å². The van der Waals surface area contributed by atoms with Crippen LogP contribution >= 0.6 is 0 Å². The first kappa shape index (κ1) is 13.1. The lowest BCUT2D eigenvalue weighted by Crippen LogP contribution is -2.06. The van der Waals surface area contributed by atoms with Crippen LogP contribution in [0.4, 0.5) is 11.8 Å². The monoisotopic (exact) mass is 255 g/mol. The van der Waals surface area contributed by atoms with Crippen LogP contribution in [-0.2, 0) is 0 Å². The highest BCUT2D eigenvalue weighted by Gasteiger charge is 2.03. The molecule has 1 aromatic heterocycles. The van der Waals surface area contributed by atoms with Crippen molar-refractivity contribution < 1.29 is 0 Å². The van der Waals surface area contributed by atoms with E-state index < -0.39 is 0 Å². The zero-order valence-electron chi connectivity index (χ0n) is 10.7. The molecule has 0 spiro atoms. The van der Waals surface area contributed by atoms with E-state index >= 15 is 0 Å². The van der Waals surface area contributed by atoms with Crippen LogP contribution in [0.3, 0.4) is 0 Å². The summed E-state index contributed by atoms with van der Waals surface area (Å²) in [4.78, 5) is 8.62. The summed E-state index contributed by atoms with van der Waals surface area (Å²) in [7, 11) is 0. The highest BCUT2D eigenvalue weighted by atomic mass is 15.1. The Morgan fingerprint density at radius 3 is 2.74 bits per heavy atom. The maximum atomic E-state index is 5.89. The van der Waals surface area contributed by atoms with Gasteiger partial charge in [-0.1, -0.05) is 12.1 Å². The summed E-state index contributed by atoms with van der Waals surface area (Å²) >= 11 is 0. The summed E-state index contributed by atoms with van der Waals surface area (Å²) < 4.78 is 0. The summed E-state index contributed by atoms with van der Waals surface area (Å²) in [5.41, 5.74) is 12.1. The van der Waals surface area contributed by atoms with Crippen LogP contribution in [0, 0.1) is 11.8 Å². The van der Waals surface area contributed by atoms with Crippen LogP contribution in [-0.4, -0.2) is 23.1 Å². The molecular formula is C14H17N5. The van der Waals surface area contributed by atoms with Crippen molar-refractivity contribution in [1.29, 1.82) is 0 Å². The molecule has 0 atom stereocenters. The van der Waals surface area contributed by atoms with E-state index in [9.17, 15) is 0 Å². The highest BCUT2D eigenvalue weighted by molar-refractivity contribution is 5.88. The standard InChI is InChI=1S/C14H17N5/c15-9-5-1-2-6-10-17-14-18-12-8-4-3-7-11(12)13(16)19-14/h3-4,7-8H,5-6,9-10,15H2,(H3,16,17,18,19). The number of benzene rings is 1. The number of rotatable bonds is 4. The summed E-state index contributed by atoms with van der Waals surface area (Å²) in [5, 5.41) is 3.99. The largest absolute Gasteiger partial charge is 0.383 e. The third-order valence-electron chi connectivity index (χ3n) is 2.56. The second-order valence-electron chi connectivity index (χ2n) is 4.02. The van der Waals surface area contributed by atoms with Gasteiger partial charge in [0.2, 0.25) is 5.95 Å². The molecule has 0 bridgehead atoms. The minimum atomic E-state index is 0.488. The van der Waals surface area contributed by atoms with Crippen molar-refractivity contribution in [3.8, 4) is 11.8 Å². The maximum absolute atomic E-state index is 5.89. The average molecular weight is 255 g/mol. The predicted octanol–water partition coefficient (Wildman–Crippen LogP) is 1.37. The van der Waals surface area contributed by atoms with E-state index in [1.165, 1.54) is 0 Å². The Morgan fingerprint density at radius 1 is 1.11 bits per heavy atom. The highest BCUT2D eigenvalue weighted by Crippen LogP contribution is 2.18. The summed E-state index contributed by atoms with van der Waals surface area (Å²) in [6.45, 7) is 1.29. The molecule has 0 aliphatic heterocycles. The molecule has 0 saturated carbocycles. The number of anilines is 2. The van der Waals surface area contributed by atoms with E-state index in [2.05, 4.69) is 27.1 Å². The molecule has 1 aromatic carbocycles. The number of para-hydroxylation sites is 1. The van der Waals surface area contributed by atoms with Gasteiger partial charge in [-0.15, -0.1) is 11.8 Å². The third kappa shape index (κ3) is 3.57. The maximum Gasteiger partial charge on any atom is 0.225 e. The zero-order chi connectivity index (χ0) is 13.5. The molecule has 5 N–H and O–H groups in total. The fourth-order valence-corrected chi connectivity index (χ4v) is 1.67. The SMILES string of the molecule is NCCC#CCCNc1nc(N)c2ccccc2n1. The van der Waals surface area contributed by atoms with Crippen molar-refractivity contribution in [3.05, 3.63) is 24.3 Å². The smallest absolute Gasteiger partial charge is 0.225 e. The van der Waals surface area contributed by atoms with E-state index in [1.54, 1.807) is 0 Å². The molecule has 19 heavy (non-hydrogen) atoms. The molecule has 5 nitrogen and oxygen atoms in total. The van der Waals surface area contributed by atoms with Gasteiger partial charge in [0, 0.05) is 31.3 Å². The van der Waals surface area contributed by atoms with Gasteiger partial charge >= 0.3 is 0 Å². The third-order valence-corrected chi connectivity index (χ3v) is 2.56. The lowest BCUT2D eigenvalue weighted by molar-refractivity contribution is 1.02. The second-order valence-corrected chi connectivity index (χ2v) is 4.02. The number of hydrogen-bond donors (Lipinski definition) is 3. The Kier molecular flexibility index (Phi) is 4.54. The van der Waals surface area contributed by atoms with Crippen molar-refractivity contribution in [2.45, 2.75) is 12.8 Å². The summed E-state index contributed by atoms with van der Waals surface area (Å²) in [6, 6.07) is 7.67. The van der Waals surface area contributed by atoms with Crippen molar-refractivity contribution in [1.82, 2.24) is 9.97 Å². The number of aromatic nitrogens is 2. The van der Waals surface area contributed by atoms with Gasteiger partial charge < -0.3 is 16.8 Å². The minimum absolute atomic E-state index is 0.488. The number of nitrogens with one attached hydrogen (secondary N) is 1. The number of nitrogen functional groups attached to an aromatic ring is 1. The molecule has 98 valence electrons. The first-order chi connectivity index (χ1) is 9.31. The average Bonchev–Trinajstić information content (AvgIpc) is 2.43. The molecule has 5 heteroatoms. The van der Waals surface area contributed by atoms with Gasteiger partial charge in [0.15, 0.2) is 0 Å². The first-order valence-corrected chi connectivity index (χ1v) is 6.23. The van der Waals surface area contributed by atoms with Gasteiger partial charge in [-0.05, 0) is 12.1 Å². The molecule has 0 amide bonds. The van der Waals surface area contributed by atoms with Crippen molar-refractivity contribution >= 4 is 22.7 Å². The van der Waals surface area contributed by atoms with Gasteiger partial charge in [-0.25, -0.2) is 4.98 Å². The van der Waals surface area contributed by atoms with Crippen LogP contribution in [0.15, 0.2) is 24.3 Å². The van der Waals surface area contributed by atoms with Crippen molar-refractivity contribution in [2.75, 3.05) is 24.1 Å². The molecule has 0 unspecified atom stereocenters. The Hall–Kier alpha value is -2.32. The fraction of sp³-hybridized carbons (Fsp3) is 0.286. The van der Waals surface area contributed by atoms with E-state index in [4.69, 9.17) is 11.5 Å². The van der Waals surface area contributed by atoms with E-state index in [0.29, 0.717) is 24.9 Å². The predicted molar refractivity (Wildman–Crippen MR) is 78.5 cm³/mol. The molecule has 0 saturated heterocycles. The first-order valence-electron chi connectivity index (χ1n) is 6.23. The molecule has 0 fully saturated rings. The number of fused-ring (bicyclic) bond motifs is 1. The van der Waals surface area contributed by atoms with Crippen molar-refractivity contribution in [2.24, 2.45) is 5.73 Å². The van der Waals surface area contributed by atoms with Crippen LogP contribution in [0.1, 0.15) is 12.8 Å². The summed E-state index contributed by atoms with van der Waals surface area (Å²) in [6.07, 6.45) is 1.47. The number of hydrogen-bond acceptors (Lipinski definition) is 5. The van der Waals surface area contributed by atoms with Crippen molar-refractivity contribution in [3.63, 3.8) is 0 Å². The topological polar surface area (TPSA) is 89.8 Å². The number of nitrogens with two attached hydrogens (primary N) is 2. The van der Waals surface area contributed by atoms with E-state index in [-0.39, 0.29) is 0 Å². The van der Waals surface area contributed by atoms with E-state index in [0.717, 1.165) is 23.7 Å². The fourth-order valence-electron chi connectivity index (χ4n) is 1.67. The van der Waals surface area contributed by atoms with Crippen LogP contribution in [0.5, 0.6) is 0 Å². The molecule has 0 radical (unpaired) electrons. The minimum Gasteiger partial charge on any atom is -0.383 e. The van der Waals surface area contributed by atoms with Crippen LogP contribution in [0.25, 0.3) is 10.9 Å². The van der Waals surface area contributed by atoms with Gasteiger partial charge in [0.25, 0.3) is 0 Å². The lowest BCUT2D eigenvalue weighted by Gasteiger charge is -2.06. The Morgan fingerprint density at radius 2 is 1.89 bits per heavy atom. The molecule has 2 rings (SSSR count). The Labute approximate surface area is 112 Å². The molecular weight excluding hydrogens is 238 g/mol. The van der Waals surface area contributed by atoms with Gasteiger partial charge in [0.05, 0.1) is 5.52 Å². The normalized spacial score (nSPS) is 9.95. The molecule has 2 aromatic rings. The van der Waals surface area contributed by atoms with Crippen LogP contribution < -0.4 is 16.8 Å². The molecule has 1 heterocycles. The Balaban J connectivity index is 2.00.